The van der Waals surface area contributed by atoms with Crippen molar-refractivity contribution in [2.24, 2.45) is 0 Å². The molecule has 1 aliphatic heterocycles. The second-order valence-corrected chi connectivity index (χ2v) is 7.69. The molecule has 0 unspecified atom stereocenters. The predicted molar refractivity (Wildman–Crippen MR) is 113 cm³/mol. The number of benzene rings is 1. The highest BCUT2D eigenvalue weighted by atomic mass is 16.5. The highest BCUT2D eigenvalue weighted by Crippen LogP contribution is 2.31. The van der Waals surface area contributed by atoms with Gasteiger partial charge in [-0.3, -0.25) is 14.8 Å². The number of methoxy groups -OCH3 is 1. The van der Waals surface area contributed by atoms with Crippen LogP contribution in [0.3, 0.4) is 0 Å². The van der Waals surface area contributed by atoms with Gasteiger partial charge in [0.2, 0.25) is 11.8 Å². The number of aromatic amines is 1. The summed E-state index contributed by atoms with van der Waals surface area (Å²) in [5.74, 6) is 1.58. The summed E-state index contributed by atoms with van der Waals surface area (Å²) < 4.78 is 10.9. The van der Waals surface area contributed by atoms with Crippen LogP contribution in [0.15, 0.2) is 41.1 Å². The minimum atomic E-state index is -0.184. The summed E-state index contributed by atoms with van der Waals surface area (Å²) in [7, 11) is 1.50. The van der Waals surface area contributed by atoms with E-state index in [9.17, 15) is 4.79 Å². The zero-order valence-corrected chi connectivity index (χ0v) is 17.4. The van der Waals surface area contributed by atoms with Gasteiger partial charge >= 0.3 is 0 Å². The van der Waals surface area contributed by atoms with Crippen LogP contribution < -0.4 is 5.32 Å². The minimum absolute atomic E-state index is 0.0226. The molecule has 0 radical (unpaired) electrons. The van der Waals surface area contributed by atoms with E-state index in [2.05, 4.69) is 38.4 Å². The molecule has 1 aromatic carbocycles. The first kappa shape index (κ1) is 20.3. The third-order valence-corrected chi connectivity index (χ3v) is 5.46. The van der Waals surface area contributed by atoms with Gasteiger partial charge in [-0.05, 0) is 31.9 Å². The Morgan fingerprint density at radius 1 is 1.37 bits per heavy atom. The molecule has 2 aromatic heterocycles. The van der Waals surface area contributed by atoms with E-state index in [0.29, 0.717) is 12.4 Å². The third-order valence-electron chi connectivity index (χ3n) is 5.46. The van der Waals surface area contributed by atoms with Gasteiger partial charge in [-0.1, -0.05) is 24.3 Å². The number of anilines is 1. The van der Waals surface area contributed by atoms with Crippen LogP contribution in [-0.2, 0) is 16.1 Å². The zero-order chi connectivity index (χ0) is 20.9. The van der Waals surface area contributed by atoms with Crippen molar-refractivity contribution in [2.45, 2.75) is 32.2 Å². The summed E-state index contributed by atoms with van der Waals surface area (Å²) in [4.78, 5) is 18.7. The van der Waals surface area contributed by atoms with Gasteiger partial charge in [0.15, 0.2) is 5.76 Å². The summed E-state index contributed by atoms with van der Waals surface area (Å²) in [6.45, 7) is 4.58. The molecule has 1 atom stereocenters. The van der Waals surface area contributed by atoms with Gasteiger partial charge in [-0.2, -0.15) is 5.10 Å². The van der Waals surface area contributed by atoms with Crippen molar-refractivity contribution in [3.05, 3.63) is 53.8 Å². The van der Waals surface area contributed by atoms with Gasteiger partial charge in [0, 0.05) is 25.1 Å². The van der Waals surface area contributed by atoms with Crippen molar-refractivity contribution in [3.8, 4) is 11.3 Å². The molecule has 0 saturated carbocycles. The Hall–Kier alpha value is -2.97. The van der Waals surface area contributed by atoms with Crippen molar-refractivity contribution in [1.82, 2.24) is 20.1 Å². The number of rotatable bonds is 7. The van der Waals surface area contributed by atoms with Crippen molar-refractivity contribution in [1.29, 1.82) is 0 Å². The molecule has 0 bridgehead atoms. The number of oxazole rings is 1. The standard InChI is InChI=1S/C22H27N5O3/c1-15-6-3-4-8-17(15)19-11-23-21(30-19)13-27-9-5-7-16(12-27)22-18(10-24-26-22)25-20(28)14-29-2/h3-4,6,8,10-11,16H,5,7,9,12-14H2,1-2H3,(H,24,26)(H,25,28)/t16-/m0/s1. The van der Waals surface area contributed by atoms with Gasteiger partial charge in [-0.15, -0.1) is 0 Å². The van der Waals surface area contributed by atoms with Crippen LogP contribution in [-0.4, -0.2) is 52.8 Å². The highest BCUT2D eigenvalue weighted by molar-refractivity contribution is 5.92. The number of aryl methyl sites for hydroxylation is 1. The lowest BCUT2D eigenvalue weighted by Crippen LogP contribution is -2.34. The first-order chi connectivity index (χ1) is 14.6. The molecule has 1 amide bonds. The number of piperidine rings is 1. The van der Waals surface area contributed by atoms with E-state index >= 15 is 0 Å². The zero-order valence-electron chi connectivity index (χ0n) is 17.4. The molecule has 8 heteroatoms. The SMILES string of the molecule is COCC(=O)Nc1cn[nH]c1[C@H]1CCCN(Cc2ncc(-c3ccccc3C)o2)C1. The van der Waals surface area contributed by atoms with Crippen LogP contribution >= 0.6 is 0 Å². The van der Waals surface area contributed by atoms with Crippen LogP contribution in [0.2, 0.25) is 0 Å². The van der Waals surface area contributed by atoms with E-state index in [4.69, 9.17) is 9.15 Å². The molecule has 8 nitrogen and oxygen atoms in total. The molecule has 0 aliphatic carbocycles. The Bertz CT molecular complexity index is 996. The molecule has 4 rings (SSSR count). The molecular formula is C22H27N5O3. The quantitative estimate of drug-likeness (QED) is 0.621. The van der Waals surface area contributed by atoms with E-state index in [1.54, 1.807) is 12.4 Å². The lowest BCUT2D eigenvalue weighted by atomic mass is 9.94. The van der Waals surface area contributed by atoms with E-state index in [0.717, 1.165) is 48.6 Å². The van der Waals surface area contributed by atoms with Crippen molar-refractivity contribution >= 4 is 11.6 Å². The fourth-order valence-corrected chi connectivity index (χ4v) is 4.01. The Labute approximate surface area is 175 Å². The number of nitrogens with zero attached hydrogens (tertiary/aromatic N) is 3. The number of hydrogen-bond donors (Lipinski definition) is 2. The van der Waals surface area contributed by atoms with E-state index in [1.807, 2.05) is 18.2 Å². The topological polar surface area (TPSA) is 96.3 Å². The molecular weight excluding hydrogens is 382 g/mol. The van der Waals surface area contributed by atoms with Crippen molar-refractivity contribution in [3.63, 3.8) is 0 Å². The largest absolute Gasteiger partial charge is 0.439 e. The van der Waals surface area contributed by atoms with E-state index in [-0.39, 0.29) is 18.4 Å². The molecule has 30 heavy (non-hydrogen) atoms. The minimum Gasteiger partial charge on any atom is -0.439 e. The Balaban J connectivity index is 1.42. The number of nitrogens with one attached hydrogen (secondary N) is 2. The average Bonchev–Trinajstić information content (AvgIpc) is 3.38. The molecule has 1 fully saturated rings. The molecule has 2 N–H and O–H groups in total. The second kappa shape index (κ2) is 9.23. The fraction of sp³-hybridized carbons (Fsp3) is 0.409. The first-order valence-electron chi connectivity index (χ1n) is 10.2. The monoisotopic (exact) mass is 409 g/mol. The number of carbonyl (C=O) groups excluding carboxylic acids is 1. The summed E-state index contributed by atoms with van der Waals surface area (Å²) in [6.07, 6.45) is 5.55. The van der Waals surface area contributed by atoms with Gasteiger partial charge in [0.1, 0.15) is 6.61 Å². The molecule has 1 saturated heterocycles. The maximum Gasteiger partial charge on any atom is 0.250 e. The first-order valence-corrected chi connectivity index (χ1v) is 10.2. The maximum absolute atomic E-state index is 11.9. The van der Waals surface area contributed by atoms with Crippen molar-refractivity contribution in [2.75, 3.05) is 32.1 Å². The number of ether oxygens (including phenoxy) is 1. The van der Waals surface area contributed by atoms with Crippen LogP contribution in [0, 0.1) is 6.92 Å². The lowest BCUT2D eigenvalue weighted by molar-refractivity contribution is -0.119. The molecule has 1 aliphatic rings. The number of amides is 1. The van der Waals surface area contributed by atoms with E-state index in [1.165, 1.54) is 12.7 Å². The Kier molecular flexibility index (Phi) is 6.25. The smallest absolute Gasteiger partial charge is 0.250 e. The summed E-state index contributed by atoms with van der Waals surface area (Å²) in [5.41, 5.74) is 3.92. The Morgan fingerprint density at radius 2 is 2.23 bits per heavy atom. The van der Waals surface area contributed by atoms with Crippen LogP contribution in [0.1, 0.15) is 35.9 Å². The number of H-pyrrole nitrogens is 1. The van der Waals surface area contributed by atoms with E-state index < -0.39 is 0 Å². The van der Waals surface area contributed by atoms with Crippen LogP contribution in [0.4, 0.5) is 5.69 Å². The summed E-state index contributed by atoms with van der Waals surface area (Å²) in [5, 5.41) is 10.1. The molecule has 3 heterocycles. The number of carbonyl (C=O) groups is 1. The molecule has 0 spiro atoms. The predicted octanol–water partition coefficient (Wildman–Crippen LogP) is 3.34. The van der Waals surface area contributed by atoms with Crippen LogP contribution in [0.25, 0.3) is 11.3 Å². The molecule has 158 valence electrons. The van der Waals surface area contributed by atoms with Crippen molar-refractivity contribution < 1.29 is 13.9 Å². The fourth-order valence-electron chi connectivity index (χ4n) is 4.01. The normalized spacial score (nSPS) is 17.2. The number of aromatic nitrogens is 3. The number of likely N-dealkylation sites (tertiary alicyclic amines) is 1. The maximum atomic E-state index is 11.9. The molecule has 3 aromatic rings. The second-order valence-electron chi connectivity index (χ2n) is 7.69. The van der Waals surface area contributed by atoms with Gasteiger partial charge in [0.25, 0.3) is 0 Å². The highest BCUT2D eigenvalue weighted by Gasteiger charge is 2.26. The van der Waals surface area contributed by atoms with Gasteiger partial charge in [0.05, 0.1) is 30.3 Å². The van der Waals surface area contributed by atoms with Gasteiger partial charge < -0.3 is 14.5 Å². The third kappa shape index (κ3) is 4.60. The average molecular weight is 409 g/mol. The van der Waals surface area contributed by atoms with Crippen LogP contribution in [0.5, 0.6) is 0 Å². The summed E-state index contributed by atoms with van der Waals surface area (Å²) in [6, 6.07) is 8.15. The lowest BCUT2D eigenvalue weighted by Gasteiger charge is -2.31. The van der Waals surface area contributed by atoms with Gasteiger partial charge in [-0.25, -0.2) is 4.98 Å². The summed E-state index contributed by atoms with van der Waals surface area (Å²) >= 11 is 0. The number of hydrogen-bond acceptors (Lipinski definition) is 6. The Morgan fingerprint density at radius 3 is 3.07 bits per heavy atom.